The van der Waals surface area contributed by atoms with Crippen molar-refractivity contribution in [3.63, 3.8) is 0 Å². The molecule has 0 unspecified atom stereocenters. The Balaban J connectivity index is 1.17. The molecule has 2 amide bonds. The summed E-state index contributed by atoms with van der Waals surface area (Å²) < 4.78 is 0. The SMILES string of the molecule is Cc1ccccc1CN1CCN(C(=O)CN2CCC(NC(=O)c3ccccc3C)CC2)CC1. The van der Waals surface area contributed by atoms with Crippen LogP contribution in [0.5, 0.6) is 0 Å². The van der Waals surface area contributed by atoms with Crippen molar-refractivity contribution in [3.8, 4) is 0 Å². The molecule has 2 aromatic rings. The van der Waals surface area contributed by atoms with Gasteiger partial charge in [-0.2, -0.15) is 0 Å². The third-order valence-corrected chi connectivity index (χ3v) is 7.05. The fourth-order valence-corrected chi connectivity index (χ4v) is 4.80. The number of nitrogens with zero attached hydrogens (tertiary/aromatic N) is 3. The summed E-state index contributed by atoms with van der Waals surface area (Å²) in [6, 6.07) is 16.4. The van der Waals surface area contributed by atoms with Crippen LogP contribution in [0.2, 0.25) is 0 Å². The van der Waals surface area contributed by atoms with Gasteiger partial charge in [-0.3, -0.25) is 19.4 Å². The van der Waals surface area contributed by atoms with Gasteiger partial charge < -0.3 is 10.2 Å². The molecule has 6 nitrogen and oxygen atoms in total. The fraction of sp³-hybridized carbons (Fsp3) is 0.481. The molecule has 0 atom stereocenters. The second-order valence-corrected chi connectivity index (χ2v) is 9.42. The number of likely N-dealkylation sites (tertiary alicyclic amines) is 1. The molecule has 2 aliphatic heterocycles. The number of amides is 2. The Bertz CT molecular complexity index is 960. The molecule has 2 aromatic carbocycles. The first-order valence-electron chi connectivity index (χ1n) is 12.1. The summed E-state index contributed by atoms with van der Waals surface area (Å²) in [5.74, 6) is 0.235. The molecule has 0 radical (unpaired) electrons. The zero-order valence-electron chi connectivity index (χ0n) is 19.9. The minimum absolute atomic E-state index is 0.00573. The molecule has 0 spiro atoms. The Hall–Kier alpha value is -2.70. The fourth-order valence-electron chi connectivity index (χ4n) is 4.80. The number of carbonyl (C=O) groups is 2. The van der Waals surface area contributed by atoms with Crippen molar-refractivity contribution in [2.24, 2.45) is 0 Å². The Morgan fingerprint density at radius 2 is 1.45 bits per heavy atom. The molecule has 33 heavy (non-hydrogen) atoms. The molecule has 4 rings (SSSR count). The van der Waals surface area contributed by atoms with Gasteiger partial charge in [0, 0.05) is 57.4 Å². The molecular weight excluding hydrogens is 412 g/mol. The van der Waals surface area contributed by atoms with Gasteiger partial charge >= 0.3 is 0 Å². The van der Waals surface area contributed by atoms with Crippen LogP contribution in [0, 0.1) is 13.8 Å². The Morgan fingerprint density at radius 1 is 0.818 bits per heavy atom. The average Bonchev–Trinajstić information content (AvgIpc) is 2.82. The van der Waals surface area contributed by atoms with E-state index in [1.807, 2.05) is 36.1 Å². The van der Waals surface area contributed by atoms with Gasteiger partial charge in [0.15, 0.2) is 0 Å². The van der Waals surface area contributed by atoms with Crippen molar-refractivity contribution in [2.75, 3.05) is 45.8 Å². The highest BCUT2D eigenvalue weighted by atomic mass is 16.2. The van der Waals surface area contributed by atoms with Gasteiger partial charge in [-0.25, -0.2) is 0 Å². The van der Waals surface area contributed by atoms with Crippen LogP contribution >= 0.6 is 0 Å². The lowest BCUT2D eigenvalue weighted by atomic mass is 10.0. The molecule has 6 heteroatoms. The Morgan fingerprint density at radius 3 is 2.12 bits per heavy atom. The van der Waals surface area contributed by atoms with Crippen molar-refractivity contribution in [2.45, 2.75) is 39.3 Å². The molecule has 176 valence electrons. The van der Waals surface area contributed by atoms with Crippen LogP contribution in [0.1, 0.15) is 39.9 Å². The monoisotopic (exact) mass is 448 g/mol. The van der Waals surface area contributed by atoms with Crippen molar-refractivity contribution in [3.05, 3.63) is 70.8 Å². The van der Waals surface area contributed by atoms with E-state index in [1.165, 1.54) is 11.1 Å². The summed E-state index contributed by atoms with van der Waals surface area (Å²) in [6.45, 7) is 10.7. The topological polar surface area (TPSA) is 55.9 Å². The van der Waals surface area contributed by atoms with E-state index in [0.717, 1.165) is 69.8 Å². The lowest BCUT2D eigenvalue weighted by molar-refractivity contribution is -0.134. The number of benzene rings is 2. The lowest BCUT2D eigenvalue weighted by Crippen LogP contribution is -2.52. The van der Waals surface area contributed by atoms with E-state index in [0.29, 0.717) is 6.54 Å². The summed E-state index contributed by atoms with van der Waals surface area (Å²) in [5, 5.41) is 3.18. The van der Waals surface area contributed by atoms with Gasteiger partial charge in [-0.05, 0) is 49.4 Å². The van der Waals surface area contributed by atoms with Gasteiger partial charge in [0.1, 0.15) is 0 Å². The normalized spacial score (nSPS) is 18.3. The van der Waals surface area contributed by atoms with Crippen molar-refractivity contribution < 1.29 is 9.59 Å². The van der Waals surface area contributed by atoms with Crippen molar-refractivity contribution in [1.82, 2.24) is 20.0 Å². The Kier molecular flexibility index (Phi) is 7.78. The molecule has 0 bridgehead atoms. The summed E-state index contributed by atoms with van der Waals surface area (Å²) in [5.41, 5.74) is 4.44. The van der Waals surface area contributed by atoms with E-state index in [9.17, 15) is 9.59 Å². The first-order chi connectivity index (χ1) is 16.0. The molecule has 0 aromatic heterocycles. The highest BCUT2D eigenvalue weighted by Crippen LogP contribution is 2.15. The first-order valence-corrected chi connectivity index (χ1v) is 12.1. The van der Waals surface area contributed by atoms with Crippen LogP contribution in [0.15, 0.2) is 48.5 Å². The van der Waals surface area contributed by atoms with Crippen LogP contribution in [0.25, 0.3) is 0 Å². The molecule has 2 heterocycles. The highest BCUT2D eigenvalue weighted by Gasteiger charge is 2.26. The number of piperazine rings is 1. The van der Waals surface area contributed by atoms with Crippen LogP contribution in [-0.2, 0) is 11.3 Å². The van der Waals surface area contributed by atoms with Crippen LogP contribution in [-0.4, -0.2) is 78.4 Å². The molecule has 2 fully saturated rings. The van der Waals surface area contributed by atoms with E-state index < -0.39 is 0 Å². The maximum absolute atomic E-state index is 12.9. The quantitative estimate of drug-likeness (QED) is 0.738. The van der Waals surface area contributed by atoms with Crippen LogP contribution in [0.3, 0.4) is 0 Å². The van der Waals surface area contributed by atoms with Gasteiger partial charge in [-0.1, -0.05) is 42.5 Å². The number of rotatable bonds is 6. The lowest BCUT2D eigenvalue weighted by Gasteiger charge is -2.37. The second kappa shape index (κ2) is 10.9. The largest absolute Gasteiger partial charge is 0.349 e. The molecule has 2 saturated heterocycles. The number of piperidine rings is 1. The van der Waals surface area contributed by atoms with E-state index in [1.54, 1.807) is 0 Å². The van der Waals surface area contributed by atoms with E-state index >= 15 is 0 Å². The zero-order valence-corrected chi connectivity index (χ0v) is 19.9. The van der Waals surface area contributed by atoms with Gasteiger partial charge in [0.2, 0.25) is 5.91 Å². The molecule has 1 N–H and O–H groups in total. The second-order valence-electron chi connectivity index (χ2n) is 9.42. The third-order valence-electron chi connectivity index (χ3n) is 7.05. The molecule has 0 aliphatic carbocycles. The van der Waals surface area contributed by atoms with E-state index in [2.05, 4.69) is 46.3 Å². The molecule has 2 aliphatic rings. The minimum atomic E-state index is 0.00573. The standard InChI is InChI=1S/C27H36N4O2/c1-21-7-3-5-9-23(21)19-30-15-17-31(18-16-30)26(32)20-29-13-11-24(12-14-29)28-27(33)25-10-6-4-8-22(25)2/h3-10,24H,11-20H2,1-2H3,(H,28,33). The average molecular weight is 449 g/mol. The number of hydrogen-bond acceptors (Lipinski definition) is 4. The predicted molar refractivity (Wildman–Crippen MR) is 131 cm³/mol. The van der Waals surface area contributed by atoms with Crippen LogP contribution in [0.4, 0.5) is 0 Å². The summed E-state index contributed by atoms with van der Waals surface area (Å²) in [6.07, 6.45) is 1.77. The molecular formula is C27H36N4O2. The van der Waals surface area contributed by atoms with Crippen molar-refractivity contribution in [1.29, 1.82) is 0 Å². The number of carbonyl (C=O) groups excluding carboxylic acids is 2. The maximum Gasteiger partial charge on any atom is 0.251 e. The zero-order chi connectivity index (χ0) is 23.2. The first kappa shape index (κ1) is 23.5. The molecule has 0 saturated carbocycles. The van der Waals surface area contributed by atoms with Gasteiger partial charge in [0.05, 0.1) is 6.54 Å². The number of hydrogen-bond donors (Lipinski definition) is 1. The van der Waals surface area contributed by atoms with E-state index in [-0.39, 0.29) is 17.9 Å². The van der Waals surface area contributed by atoms with E-state index in [4.69, 9.17) is 0 Å². The summed E-state index contributed by atoms with van der Waals surface area (Å²) >= 11 is 0. The highest BCUT2D eigenvalue weighted by molar-refractivity contribution is 5.95. The number of nitrogens with one attached hydrogen (secondary N) is 1. The van der Waals surface area contributed by atoms with Gasteiger partial charge in [0.25, 0.3) is 5.91 Å². The summed E-state index contributed by atoms with van der Waals surface area (Å²) in [7, 11) is 0. The van der Waals surface area contributed by atoms with Crippen molar-refractivity contribution >= 4 is 11.8 Å². The number of aryl methyl sites for hydroxylation is 2. The maximum atomic E-state index is 12.9. The third kappa shape index (κ3) is 6.21. The Labute approximate surface area is 197 Å². The minimum Gasteiger partial charge on any atom is -0.349 e. The predicted octanol–water partition coefficient (Wildman–Crippen LogP) is 2.84. The van der Waals surface area contributed by atoms with Crippen LogP contribution < -0.4 is 5.32 Å². The van der Waals surface area contributed by atoms with Gasteiger partial charge in [-0.15, -0.1) is 0 Å². The summed E-state index contributed by atoms with van der Waals surface area (Å²) in [4.78, 5) is 32.1. The smallest absolute Gasteiger partial charge is 0.251 e.